The van der Waals surface area contributed by atoms with Crippen LogP contribution < -0.4 is 5.73 Å². The van der Waals surface area contributed by atoms with Crippen LogP contribution in [0.5, 0.6) is 0 Å². The first-order valence-electron chi connectivity index (χ1n) is 7.78. The predicted molar refractivity (Wildman–Crippen MR) is 80.2 cm³/mol. The minimum atomic E-state index is 0.0362. The van der Waals surface area contributed by atoms with Crippen molar-refractivity contribution in [2.75, 3.05) is 7.05 Å². The molecule has 20 heavy (non-hydrogen) atoms. The second-order valence-electron chi connectivity index (χ2n) is 6.26. The Morgan fingerprint density at radius 2 is 2.00 bits per heavy atom. The number of aryl methyl sites for hydroxylation is 1. The maximum Gasteiger partial charge on any atom is 0.227 e. The van der Waals surface area contributed by atoms with Gasteiger partial charge in [-0.15, -0.1) is 0 Å². The second-order valence-corrected chi connectivity index (χ2v) is 6.26. The Kier molecular flexibility index (Phi) is 3.79. The van der Waals surface area contributed by atoms with E-state index in [-0.39, 0.29) is 23.9 Å². The average Bonchev–Trinajstić information content (AvgIpc) is 2.91. The molecule has 1 fully saturated rings. The maximum atomic E-state index is 12.7. The highest BCUT2D eigenvalue weighted by Gasteiger charge is 2.35. The van der Waals surface area contributed by atoms with Gasteiger partial charge in [0.1, 0.15) is 0 Å². The molecular formula is C17H24N2O. The fourth-order valence-electron chi connectivity index (χ4n) is 3.84. The van der Waals surface area contributed by atoms with Crippen LogP contribution in [0, 0.1) is 5.92 Å². The first-order valence-corrected chi connectivity index (χ1v) is 7.78. The van der Waals surface area contributed by atoms with Crippen LogP contribution in [0.15, 0.2) is 24.3 Å². The lowest BCUT2D eigenvalue weighted by molar-refractivity contribution is -0.137. The van der Waals surface area contributed by atoms with Gasteiger partial charge in [-0.25, -0.2) is 0 Å². The van der Waals surface area contributed by atoms with E-state index in [0.29, 0.717) is 0 Å². The molecule has 3 atom stereocenters. The van der Waals surface area contributed by atoms with Gasteiger partial charge < -0.3 is 10.6 Å². The number of carbonyl (C=O) groups is 1. The number of hydrogen-bond donors (Lipinski definition) is 1. The molecule has 2 aliphatic rings. The molecule has 0 spiro atoms. The lowest BCUT2D eigenvalue weighted by Gasteiger charge is -2.35. The summed E-state index contributed by atoms with van der Waals surface area (Å²) in [6.07, 6.45) is 6.41. The quantitative estimate of drug-likeness (QED) is 0.899. The molecule has 0 heterocycles. The number of hydrogen-bond acceptors (Lipinski definition) is 2. The molecule has 1 aromatic carbocycles. The summed E-state index contributed by atoms with van der Waals surface area (Å²) in [5, 5.41) is 0. The molecule has 1 aromatic rings. The molecular weight excluding hydrogens is 248 g/mol. The molecule has 0 aliphatic heterocycles. The molecule has 0 saturated heterocycles. The van der Waals surface area contributed by atoms with E-state index in [0.717, 1.165) is 38.5 Å². The minimum Gasteiger partial charge on any atom is -0.338 e. The zero-order valence-electron chi connectivity index (χ0n) is 12.2. The smallest absolute Gasteiger partial charge is 0.227 e. The van der Waals surface area contributed by atoms with Gasteiger partial charge in [0, 0.05) is 13.1 Å². The Morgan fingerprint density at radius 1 is 1.20 bits per heavy atom. The van der Waals surface area contributed by atoms with Crippen molar-refractivity contribution >= 4 is 5.91 Å². The van der Waals surface area contributed by atoms with E-state index >= 15 is 0 Å². The summed E-state index contributed by atoms with van der Waals surface area (Å²) >= 11 is 0. The number of nitrogens with two attached hydrogens (primary N) is 1. The second kappa shape index (κ2) is 5.57. The normalized spacial score (nSPS) is 29.0. The third-order valence-corrected chi connectivity index (χ3v) is 5.04. The number of carbonyl (C=O) groups excluding carboxylic acids is 1. The Bertz CT molecular complexity index is 500. The highest BCUT2D eigenvalue weighted by molar-refractivity contribution is 5.80. The molecule has 1 saturated carbocycles. The molecule has 1 amide bonds. The monoisotopic (exact) mass is 272 g/mol. The van der Waals surface area contributed by atoms with E-state index in [4.69, 9.17) is 5.73 Å². The highest BCUT2D eigenvalue weighted by atomic mass is 16.2. The number of rotatable bonds is 2. The van der Waals surface area contributed by atoms with Gasteiger partial charge in [-0.3, -0.25) is 4.79 Å². The third kappa shape index (κ3) is 2.35. The third-order valence-electron chi connectivity index (χ3n) is 5.04. The van der Waals surface area contributed by atoms with Crippen molar-refractivity contribution in [3.05, 3.63) is 35.4 Å². The van der Waals surface area contributed by atoms with E-state index in [1.165, 1.54) is 11.1 Å². The molecule has 3 nitrogen and oxygen atoms in total. The summed E-state index contributed by atoms with van der Waals surface area (Å²) in [6.45, 7) is 0. The van der Waals surface area contributed by atoms with Crippen LogP contribution in [0.4, 0.5) is 0 Å². The first-order chi connectivity index (χ1) is 9.68. The van der Waals surface area contributed by atoms with Gasteiger partial charge in [-0.2, -0.15) is 0 Å². The van der Waals surface area contributed by atoms with Crippen LogP contribution in [-0.4, -0.2) is 23.9 Å². The molecule has 0 aromatic heterocycles. The van der Waals surface area contributed by atoms with Gasteiger partial charge >= 0.3 is 0 Å². The van der Waals surface area contributed by atoms with E-state index in [9.17, 15) is 4.79 Å². The highest BCUT2D eigenvalue weighted by Crippen LogP contribution is 2.35. The summed E-state index contributed by atoms with van der Waals surface area (Å²) in [7, 11) is 1.96. The lowest BCUT2D eigenvalue weighted by atomic mass is 9.86. The van der Waals surface area contributed by atoms with Crippen molar-refractivity contribution in [1.82, 2.24) is 4.90 Å². The summed E-state index contributed by atoms with van der Waals surface area (Å²) in [5.74, 6) is 0.283. The number of amides is 1. The Balaban J connectivity index is 1.81. The topological polar surface area (TPSA) is 46.3 Å². The lowest BCUT2D eigenvalue weighted by Crippen LogP contribution is -2.42. The van der Waals surface area contributed by atoms with Gasteiger partial charge in [-0.1, -0.05) is 30.7 Å². The van der Waals surface area contributed by atoms with Crippen molar-refractivity contribution in [1.29, 1.82) is 0 Å². The molecule has 2 aliphatic carbocycles. The van der Waals surface area contributed by atoms with Gasteiger partial charge in [0.05, 0.1) is 12.0 Å². The molecule has 3 rings (SSSR count). The number of fused-ring (bicyclic) bond motifs is 1. The van der Waals surface area contributed by atoms with Crippen LogP contribution in [0.2, 0.25) is 0 Å². The average molecular weight is 272 g/mol. The Labute approximate surface area is 121 Å². The van der Waals surface area contributed by atoms with Gasteiger partial charge in [0.2, 0.25) is 5.91 Å². The fraction of sp³-hybridized carbons (Fsp3) is 0.588. The van der Waals surface area contributed by atoms with E-state index in [1.807, 2.05) is 11.9 Å². The first kappa shape index (κ1) is 13.6. The van der Waals surface area contributed by atoms with E-state index in [2.05, 4.69) is 24.3 Å². The maximum absolute atomic E-state index is 12.7. The fourth-order valence-corrected chi connectivity index (χ4v) is 3.84. The van der Waals surface area contributed by atoms with Crippen LogP contribution >= 0.6 is 0 Å². The largest absolute Gasteiger partial charge is 0.338 e. The van der Waals surface area contributed by atoms with E-state index in [1.54, 1.807) is 0 Å². The van der Waals surface area contributed by atoms with Gasteiger partial charge in [0.25, 0.3) is 0 Å². The predicted octanol–water partition coefficient (Wildman–Crippen LogP) is 2.65. The molecule has 0 bridgehead atoms. The molecule has 108 valence electrons. The van der Waals surface area contributed by atoms with Crippen LogP contribution in [0.3, 0.4) is 0 Å². The van der Waals surface area contributed by atoms with Crippen molar-refractivity contribution < 1.29 is 4.79 Å². The molecule has 3 heteroatoms. The summed E-state index contributed by atoms with van der Waals surface area (Å²) in [6, 6.07) is 8.84. The van der Waals surface area contributed by atoms with Crippen molar-refractivity contribution in [2.45, 2.75) is 50.6 Å². The molecule has 2 N–H and O–H groups in total. The summed E-state index contributed by atoms with van der Waals surface area (Å²) < 4.78 is 0. The summed E-state index contributed by atoms with van der Waals surface area (Å²) in [4.78, 5) is 14.7. The minimum absolute atomic E-state index is 0.0362. The van der Waals surface area contributed by atoms with Crippen LogP contribution in [-0.2, 0) is 11.2 Å². The molecule has 0 radical (unpaired) electrons. The number of benzene rings is 1. The summed E-state index contributed by atoms with van der Waals surface area (Å²) in [5.41, 5.74) is 8.83. The van der Waals surface area contributed by atoms with Crippen LogP contribution in [0.1, 0.15) is 49.3 Å². The standard InChI is InChI=1S/C17H24N2O/c1-19(17(20)14-9-5-10-15(14)18)16-11-4-7-12-6-2-3-8-13(12)16/h2-3,6,8,14-16H,4-5,7,9-11,18H2,1H3. The zero-order valence-corrected chi connectivity index (χ0v) is 12.2. The van der Waals surface area contributed by atoms with Crippen LogP contribution in [0.25, 0.3) is 0 Å². The zero-order chi connectivity index (χ0) is 14.1. The van der Waals surface area contributed by atoms with Crippen molar-refractivity contribution in [2.24, 2.45) is 11.7 Å². The Morgan fingerprint density at radius 3 is 2.75 bits per heavy atom. The number of nitrogens with zero attached hydrogens (tertiary/aromatic N) is 1. The van der Waals surface area contributed by atoms with Crippen molar-refractivity contribution in [3.8, 4) is 0 Å². The molecule has 3 unspecified atom stereocenters. The Hall–Kier alpha value is -1.35. The van der Waals surface area contributed by atoms with Gasteiger partial charge in [-0.05, 0) is 43.2 Å². The van der Waals surface area contributed by atoms with Crippen molar-refractivity contribution in [3.63, 3.8) is 0 Å². The van der Waals surface area contributed by atoms with Gasteiger partial charge in [0.15, 0.2) is 0 Å². The van der Waals surface area contributed by atoms with E-state index < -0.39 is 0 Å². The SMILES string of the molecule is CN(C(=O)C1CCCC1N)C1CCCc2ccccc21.